The molecule has 0 aliphatic carbocycles. The van der Waals surface area contributed by atoms with Gasteiger partial charge in [0.25, 0.3) is 0 Å². The van der Waals surface area contributed by atoms with Gasteiger partial charge in [0.2, 0.25) is 0 Å². The van der Waals surface area contributed by atoms with E-state index >= 15 is 0 Å². The van der Waals surface area contributed by atoms with Crippen LogP contribution in [0.5, 0.6) is 0 Å². The van der Waals surface area contributed by atoms with Crippen LogP contribution in [0.4, 0.5) is 0 Å². The van der Waals surface area contributed by atoms with Crippen molar-refractivity contribution in [2.24, 2.45) is 0 Å². The topological polar surface area (TPSA) is 40.5 Å². The SMILES string of the molecule is OCCO.[Se]=[Ag]. The predicted molar refractivity (Wildman–Crippen MR) is 19.9 cm³/mol. The molecule has 0 aliphatic heterocycles. The summed E-state index contributed by atoms with van der Waals surface area (Å²) >= 11 is 5.26. The molecule has 0 aromatic carbocycles. The third-order valence-electron chi connectivity index (χ3n) is 0.1000. The van der Waals surface area contributed by atoms with Crippen LogP contribution in [0.2, 0.25) is 0 Å². The molecule has 43 valence electrons. The van der Waals surface area contributed by atoms with Crippen LogP contribution in [0.25, 0.3) is 0 Å². The van der Waals surface area contributed by atoms with Crippen molar-refractivity contribution < 1.29 is 28.5 Å². The van der Waals surface area contributed by atoms with Crippen LogP contribution in [-0.2, 0) is 18.3 Å². The van der Waals surface area contributed by atoms with Crippen LogP contribution in [-0.4, -0.2) is 36.0 Å². The van der Waals surface area contributed by atoms with Gasteiger partial charge >= 0.3 is 30.9 Å². The summed E-state index contributed by atoms with van der Waals surface area (Å²) in [4.78, 5) is 0. The predicted octanol–water partition coefficient (Wildman–Crippen LogP) is -1.41. The fraction of sp³-hybridized carbons (Fsp3) is 1.00. The Kier molecular flexibility index (Phi) is 27.9. The van der Waals surface area contributed by atoms with Crippen LogP contribution in [0.3, 0.4) is 0 Å². The van der Waals surface area contributed by atoms with Gasteiger partial charge in [-0.05, 0) is 0 Å². The van der Waals surface area contributed by atoms with E-state index in [-0.39, 0.29) is 13.2 Å². The third-order valence-corrected chi connectivity index (χ3v) is 0.1000. The molecule has 0 unspecified atom stereocenters. The Morgan fingerprint density at radius 2 is 1.33 bits per heavy atom. The van der Waals surface area contributed by atoms with Crippen LogP contribution in [0.1, 0.15) is 0 Å². The Labute approximate surface area is 54.3 Å². The molecule has 0 heterocycles. The summed E-state index contributed by atoms with van der Waals surface area (Å²) in [6, 6.07) is 0. The van der Waals surface area contributed by atoms with Crippen molar-refractivity contribution in [2.45, 2.75) is 0 Å². The zero-order valence-electron chi connectivity index (χ0n) is 3.02. The average Bonchev–Trinajstić information content (AvgIpc) is 1.72. The number of hydrogen-bond donors (Lipinski definition) is 2. The van der Waals surface area contributed by atoms with Crippen molar-refractivity contribution in [3.63, 3.8) is 0 Å². The summed E-state index contributed by atoms with van der Waals surface area (Å²) in [7, 11) is 0. The molecule has 0 aromatic heterocycles. The number of rotatable bonds is 1. The van der Waals surface area contributed by atoms with E-state index in [1.165, 1.54) is 0 Å². The van der Waals surface area contributed by atoms with Crippen LogP contribution < -0.4 is 0 Å². The second-order valence-corrected chi connectivity index (χ2v) is 0.447. The first-order valence-electron chi connectivity index (χ1n) is 1.26. The Balaban J connectivity index is 0. The maximum atomic E-state index is 7.62. The third kappa shape index (κ3) is 19.0. The Hall–Kier alpha value is 1.18. The minimum atomic E-state index is -0.125. The molecule has 0 saturated heterocycles. The van der Waals surface area contributed by atoms with Gasteiger partial charge in [0.15, 0.2) is 0 Å². The summed E-state index contributed by atoms with van der Waals surface area (Å²) < 4.78 is 0. The first-order valence-corrected chi connectivity index (χ1v) is 4.92. The van der Waals surface area contributed by atoms with Crippen LogP contribution in [0.15, 0.2) is 0 Å². The van der Waals surface area contributed by atoms with E-state index in [4.69, 9.17) is 10.2 Å². The molecular weight excluding hydrogens is 243 g/mol. The second kappa shape index (κ2) is 16.4. The van der Waals surface area contributed by atoms with Crippen LogP contribution >= 0.6 is 0 Å². The molecule has 2 nitrogen and oxygen atoms in total. The summed E-state index contributed by atoms with van der Waals surface area (Å²) in [5.74, 6) is 0. The van der Waals surface area contributed by atoms with Gasteiger partial charge in [-0.15, -0.1) is 0 Å². The van der Waals surface area contributed by atoms with Gasteiger partial charge in [-0.1, -0.05) is 0 Å². The van der Waals surface area contributed by atoms with Crippen molar-refractivity contribution in [1.29, 1.82) is 0 Å². The molecule has 0 amide bonds. The van der Waals surface area contributed by atoms with Crippen molar-refractivity contribution in [3.05, 3.63) is 0 Å². The van der Waals surface area contributed by atoms with E-state index < -0.39 is 0 Å². The fourth-order valence-electron chi connectivity index (χ4n) is 0. The summed E-state index contributed by atoms with van der Waals surface area (Å²) in [6.45, 7) is -0.250. The number of aliphatic hydroxyl groups is 2. The summed E-state index contributed by atoms with van der Waals surface area (Å²) in [5, 5.41) is 15.2. The van der Waals surface area contributed by atoms with E-state index in [1.807, 2.05) is 0 Å². The normalized spacial score (nSPS) is 6.00. The summed E-state index contributed by atoms with van der Waals surface area (Å²) in [6.07, 6.45) is 0. The van der Waals surface area contributed by atoms with Gasteiger partial charge in [0.05, 0.1) is 13.2 Å². The molecule has 2 N–H and O–H groups in total. The van der Waals surface area contributed by atoms with Crippen molar-refractivity contribution >= 4 is 12.5 Å². The standard InChI is InChI=1S/C2H6O2.Ag.Se/c3-1-2-4;;/h3-4H,1-2H2;;. The Bertz CT molecular complexity index is 19.0. The molecule has 6 heavy (non-hydrogen) atoms. The zero-order valence-corrected chi connectivity index (χ0v) is 6.21. The van der Waals surface area contributed by atoms with Gasteiger partial charge in [-0.2, -0.15) is 0 Å². The van der Waals surface area contributed by atoms with Gasteiger partial charge in [0.1, 0.15) is 0 Å². The first-order chi connectivity index (χ1) is 2.91. The van der Waals surface area contributed by atoms with Crippen molar-refractivity contribution in [3.8, 4) is 0 Å². The molecule has 0 atom stereocenters. The molecule has 0 saturated carbocycles. The maximum absolute atomic E-state index is 7.62. The minimum absolute atomic E-state index is 0.125. The molecule has 0 aromatic rings. The Morgan fingerprint density at radius 3 is 1.33 bits per heavy atom. The number of hydrogen-bond acceptors (Lipinski definition) is 2. The molecule has 0 bridgehead atoms. The molecule has 0 radical (unpaired) electrons. The zero-order chi connectivity index (χ0) is 5.41. The van der Waals surface area contributed by atoms with Gasteiger partial charge in [-0.3, -0.25) is 0 Å². The monoisotopic (exact) mass is 249 g/mol. The first kappa shape index (κ1) is 10.2. The molecule has 0 aliphatic rings. The van der Waals surface area contributed by atoms with E-state index in [1.54, 1.807) is 0 Å². The fourth-order valence-corrected chi connectivity index (χ4v) is 0. The molecule has 4 heteroatoms. The molecular formula is C2H6AgO2Se. The second-order valence-electron chi connectivity index (χ2n) is 0.447. The quantitative estimate of drug-likeness (QED) is 0.560. The number of aliphatic hydroxyl groups excluding tert-OH is 2. The van der Waals surface area contributed by atoms with E-state index in [2.05, 4.69) is 30.9 Å². The van der Waals surface area contributed by atoms with Crippen molar-refractivity contribution in [2.75, 3.05) is 13.2 Å². The molecule has 0 spiro atoms. The molecule has 0 rings (SSSR count). The van der Waals surface area contributed by atoms with E-state index in [9.17, 15) is 0 Å². The average molecular weight is 249 g/mol. The van der Waals surface area contributed by atoms with Gasteiger partial charge in [0, 0.05) is 0 Å². The van der Waals surface area contributed by atoms with Crippen molar-refractivity contribution in [1.82, 2.24) is 0 Å². The molecule has 0 fully saturated rings. The Morgan fingerprint density at radius 1 is 1.17 bits per heavy atom. The van der Waals surface area contributed by atoms with E-state index in [0.29, 0.717) is 0 Å². The summed E-state index contributed by atoms with van der Waals surface area (Å²) in [5.41, 5.74) is 0. The van der Waals surface area contributed by atoms with Gasteiger partial charge in [-0.25, -0.2) is 0 Å². The van der Waals surface area contributed by atoms with Crippen LogP contribution in [0, 0.1) is 0 Å². The van der Waals surface area contributed by atoms with E-state index in [0.717, 1.165) is 0 Å². The van der Waals surface area contributed by atoms with Gasteiger partial charge < -0.3 is 10.2 Å².